The molecule has 0 radical (unpaired) electrons. The predicted octanol–water partition coefficient (Wildman–Crippen LogP) is 4.41. The van der Waals surface area contributed by atoms with Crippen LogP contribution >= 0.6 is 11.8 Å². The number of carbonyl (C=O) groups is 3. The third-order valence-corrected chi connectivity index (χ3v) is 9.83. The van der Waals surface area contributed by atoms with Gasteiger partial charge in [-0.3, -0.25) is 39.6 Å². The molecule has 0 saturated carbocycles. The van der Waals surface area contributed by atoms with E-state index in [1.54, 1.807) is 23.8 Å². The molecule has 264 valence electrons. The van der Waals surface area contributed by atoms with Crippen LogP contribution in [0.25, 0.3) is 0 Å². The molecule has 15 nitrogen and oxygen atoms in total. The van der Waals surface area contributed by atoms with E-state index in [1.165, 1.54) is 53.4 Å². The molecule has 0 aromatic heterocycles. The molecule has 0 aliphatic carbocycles. The molecule has 2 saturated heterocycles. The van der Waals surface area contributed by atoms with Gasteiger partial charge in [0.15, 0.2) is 0 Å². The molecule has 16 heteroatoms. The Morgan fingerprint density at radius 1 is 0.780 bits per heavy atom. The number of methoxy groups -OCH3 is 1. The molecule has 2 atom stereocenters. The van der Waals surface area contributed by atoms with Gasteiger partial charge in [0.2, 0.25) is 5.91 Å². The van der Waals surface area contributed by atoms with Crippen LogP contribution in [-0.4, -0.2) is 100 Å². The number of hydrogen-bond acceptors (Lipinski definition) is 12. The Hall–Kier alpha value is -5.22. The smallest absolute Gasteiger partial charge is 0.410 e. The van der Waals surface area contributed by atoms with E-state index >= 15 is 0 Å². The van der Waals surface area contributed by atoms with Crippen molar-refractivity contribution in [2.24, 2.45) is 0 Å². The number of non-ortho nitro benzene ring substituents is 2. The van der Waals surface area contributed by atoms with Gasteiger partial charge in [-0.2, -0.15) is 11.8 Å². The summed E-state index contributed by atoms with van der Waals surface area (Å²) in [6, 6.07) is 18.5. The number of esters is 1. The van der Waals surface area contributed by atoms with E-state index < -0.39 is 28.0 Å². The Bertz CT molecular complexity index is 1670. The zero-order valence-electron chi connectivity index (χ0n) is 27.4. The van der Waals surface area contributed by atoms with Crippen LogP contribution in [0, 0.1) is 20.2 Å². The Kier molecular flexibility index (Phi) is 12.2. The highest BCUT2D eigenvalue weighted by molar-refractivity contribution is 7.99. The van der Waals surface area contributed by atoms with Crippen LogP contribution in [0.2, 0.25) is 0 Å². The van der Waals surface area contributed by atoms with Crippen LogP contribution in [0.3, 0.4) is 0 Å². The van der Waals surface area contributed by atoms with Gasteiger partial charge in [-0.05, 0) is 59.5 Å². The van der Waals surface area contributed by atoms with Crippen molar-refractivity contribution in [2.75, 3.05) is 46.4 Å². The monoisotopic (exact) mass is 707 g/mol. The summed E-state index contributed by atoms with van der Waals surface area (Å²) in [6.07, 6.45) is -0.190. The molecule has 0 spiro atoms. The molecule has 50 heavy (non-hydrogen) atoms. The average Bonchev–Trinajstić information content (AvgIpc) is 3.57. The molecule has 2 aliphatic rings. The van der Waals surface area contributed by atoms with Crippen molar-refractivity contribution in [1.29, 1.82) is 0 Å². The van der Waals surface area contributed by atoms with Gasteiger partial charge in [0.1, 0.15) is 25.0 Å². The van der Waals surface area contributed by atoms with Crippen LogP contribution in [0.5, 0.6) is 5.75 Å². The second-order valence-electron chi connectivity index (χ2n) is 11.8. The normalized spacial score (nSPS) is 17.6. The molecule has 5 rings (SSSR count). The number of thioether (sulfide) groups is 1. The van der Waals surface area contributed by atoms with Crippen LogP contribution in [0.4, 0.5) is 16.2 Å². The van der Waals surface area contributed by atoms with Gasteiger partial charge in [0, 0.05) is 68.0 Å². The highest BCUT2D eigenvalue weighted by Gasteiger charge is 2.43. The minimum absolute atomic E-state index is 0.00920. The second-order valence-corrected chi connectivity index (χ2v) is 13.1. The number of ether oxygens (including phenoxy) is 3. The first-order chi connectivity index (χ1) is 24.1. The molecule has 0 unspecified atom stereocenters. The molecular formula is C34H37N5O10S. The van der Waals surface area contributed by atoms with E-state index in [1.807, 2.05) is 29.2 Å². The van der Waals surface area contributed by atoms with E-state index in [4.69, 9.17) is 14.2 Å². The van der Waals surface area contributed by atoms with Crippen molar-refractivity contribution in [1.82, 2.24) is 14.7 Å². The Balaban J connectivity index is 1.15. The third kappa shape index (κ3) is 9.69. The van der Waals surface area contributed by atoms with Gasteiger partial charge >= 0.3 is 12.1 Å². The van der Waals surface area contributed by atoms with Crippen LogP contribution in [-0.2, 0) is 38.0 Å². The Morgan fingerprint density at radius 3 is 1.86 bits per heavy atom. The highest BCUT2D eigenvalue weighted by atomic mass is 32.2. The SMILES string of the molecule is COc1ccc(CS[C@H]2C[C@@H](C(=O)N3CCN(CC(=O)OCc4ccc([N+](=O)[O-])cc4)CC3)N(C(=O)OCc3ccc([N+](=O)[O-])cc3)C2)cc1. The van der Waals surface area contributed by atoms with Gasteiger partial charge < -0.3 is 19.1 Å². The number of hydrogen-bond donors (Lipinski definition) is 0. The highest BCUT2D eigenvalue weighted by Crippen LogP contribution is 2.32. The average molecular weight is 708 g/mol. The summed E-state index contributed by atoms with van der Waals surface area (Å²) in [5.41, 5.74) is 2.18. The minimum Gasteiger partial charge on any atom is -0.497 e. The maximum Gasteiger partial charge on any atom is 0.410 e. The van der Waals surface area contributed by atoms with Crippen molar-refractivity contribution in [3.63, 3.8) is 0 Å². The largest absolute Gasteiger partial charge is 0.497 e. The maximum atomic E-state index is 13.9. The van der Waals surface area contributed by atoms with Crippen molar-refractivity contribution in [3.8, 4) is 5.75 Å². The minimum atomic E-state index is -0.731. The molecule has 2 fully saturated rings. The lowest BCUT2D eigenvalue weighted by molar-refractivity contribution is -0.385. The Labute approximate surface area is 292 Å². The number of carbonyl (C=O) groups excluding carboxylic acids is 3. The molecule has 3 aromatic carbocycles. The number of benzene rings is 3. The first kappa shape index (κ1) is 36.1. The predicted molar refractivity (Wildman–Crippen MR) is 182 cm³/mol. The summed E-state index contributed by atoms with van der Waals surface area (Å²) in [7, 11) is 1.61. The number of piperazine rings is 1. The lowest BCUT2D eigenvalue weighted by Gasteiger charge is -2.36. The van der Waals surface area contributed by atoms with E-state index in [0.717, 1.165) is 11.3 Å². The first-order valence-electron chi connectivity index (χ1n) is 15.9. The number of amides is 2. The van der Waals surface area contributed by atoms with Gasteiger partial charge in [-0.15, -0.1) is 0 Å². The molecule has 2 amide bonds. The van der Waals surface area contributed by atoms with Crippen LogP contribution in [0.1, 0.15) is 23.1 Å². The number of likely N-dealkylation sites (tertiary alicyclic amines) is 1. The summed E-state index contributed by atoms with van der Waals surface area (Å²) in [4.78, 5) is 65.6. The third-order valence-electron chi connectivity index (χ3n) is 8.52. The van der Waals surface area contributed by atoms with E-state index in [-0.39, 0.29) is 42.3 Å². The van der Waals surface area contributed by atoms with Crippen molar-refractivity contribution < 1.29 is 38.4 Å². The van der Waals surface area contributed by atoms with Gasteiger partial charge in [0.25, 0.3) is 11.4 Å². The van der Waals surface area contributed by atoms with Crippen molar-refractivity contribution >= 4 is 41.1 Å². The first-order valence-corrected chi connectivity index (χ1v) is 17.0. The summed E-state index contributed by atoms with van der Waals surface area (Å²) in [5, 5.41) is 21.8. The Morgan fingerprint density at radius 2 is 1.32 bits per heavy atom. The number of nitrogens with zero attached hydrogens (tertiary/aromatic N) is 5. The van der Waals surface area contributed by atoms with Crippen LogP contribution in [0.15, 0.2) is 72.8 Å². The van der Waals surface area contributed by atoms with E-state index in [2.05, 4.69) is 0 Å². The van der Waals surface area contributed by atoms with Gasteiger partial charge in [-0.1, -0.05) is 12.1 Å². The fourth-order valence-corrected chi connectivity index (χ4v) is 6.88. The molecule has 0 bridgehead atoms. The molecule has 2 aliphatic heterocycles. The second kappa shape index (κ2) is 16.9. The fourth-order valence-electron chi connectivity index (χ4n) is 5.67. The fraction of sp³-hybridized carbons (Fsp3) is 0.382. The molecular weight excluding hydrogens is 670 g/mol. The van der Waals surface area contributed by atoms with Gasteiger partial charge in [-0.25, -0.2) is 4.79 Å². The van der Waals surface area contributed by atoms with E-state index in [9.17, 15) is 34.6 Å². The lowest BCUT2D eigenvalue weighted by Crippen LogP contribution is -2.55. The summed E-state index contributed by atoms with van der Waals surface area (Å²) in [6.45, 7) is 1.83. The zero-order chi connectivity index (χ0) is 35.6. The number of nitro groups is 2. The van der Waals surface area contributed by atoms with Crippen molar-refractivity contribution in [3.05, 3.63) is 110 Å². The maximum absolute atomic E-state index is 13.9. The van der Waals surface area contributed by atoms with Crippen molar-refractivity contribution in [2.45, 2.75) is 36.7 Å². The standard InChI is InChI=1S/C34H37N5O10S/c1-47-29-12-6-26(7-13-29)23-50-30-18-31(37(19-30)34(42)49-22-25-4-10-28(11-5-25)39(45)46)33(41)36-16-14-35(15-17-36)20-32(40)48-21-24-2-8-27(9-3-24)38(43)44/h2-13,30-31H,14-23H2,1H3/t30-,31-/m0/s1. The molecule has 2 heterocycles. The summed E-state index contributed by atoms with van der Waals surface area (Å²) >= 11 is 1.66. The topological polar surface area (TPSA) is 175 Å². The lowest BCUT2D eigenvalue weighted by atomic mass is 10.1. The zero-order valence-corrected chi connectivity index (χ0v) is 28.2. The van der Waals surface area contributed by atoms with E-state index in [0.29, 0.717) is 56.0 Å². The van der Waals surface area contributed by atoms with Gasteiger partial charge in [0.05, 0.1) is 23.5 Å². The number of nitro benzene ring substituents is 2. The summed E-state index contributed by atoms with van der Waals surface area (Å²) < 4.78 is 16.2. The molecule has 3 aromatic rings. The number of rotatable bonds is 13. The molecule has 0 N–H and O–H groups in total. The quantitative estimate of drug-likeness (QED) is 0.139. The van der Waals surface area contributed by atoms with Crippen LogP contribution < -0.4 is 4.74 Å². The summed E-state index contributed by atoms with van der Waals surface area (Å²) in [5.74, 6) is 0.800.